The molecule has 2 fully saturated rings. The Morgan fingerprint density at radius 1 is 0.532 bits per heavy atom. The number of carbonyl (C=O) groups is 11. The number of nitrogens with one attached hydrogen (secondary N) is 11. The van der Waals surface area contributed by atoms with Gasteiger partial charge in [-0.3, -0.25) is 63.0 Å². The van der Waals surface area contributed by atoms with E-state index in [0.29, 0.717) is 53.5 Å². The quantitative estimate of drug-likeness (QED) is 0.0149. The van der Waals surface area contributed by atoms with Crippen LogP contribution in [0.4, 0.5) is 5.69 Å². The van der Waals surface area contributed by atoms with Crippen LogP contribution in [0.1, 0.15) is 93.2 Å². The highest BCUT2D eigenvalue weighted by atomic mass is 35.5. The fourth-order valence-electron chi connectivity index (χ4n) is 13.3. The molecule has 8 rings (SSSR count). The number of primary amides is 1. The van der Waals surface area contributed by atoms with Crippen LogP contribution in [-0.2, 0) is 96.1 Å². The van der Waals surface area contributed by atoms with Crippen molar-refractivity contribution in [2.45, 2.75) is 159 Å². The second-order valence-electron chi connectivity index (χ2n) is 28.9. The molecule has 2 aliphatic rings. The van der Waals surface area contributed by atoms with Crippen molar-refractivity contribution in [3.8, 4) is 0 Å². The number of carbonyl (C=O) groups excluding carboxylic acids is 11. The largest absolute Gasteiger partial charge is 0.394 e. The number of guanidine groups is 1. The number of benzene rings is 6. The van der Waals surface area contributed by atoms with Gasteiger partial charge >= 0.3 is 0 Å². The first-order valence-electron chi connectivity index (χ1n) is 37.5. The minimum Gasteiger partial charge on any atom is -0.394 e. The van der Waals surface area contributed by atoms with Crippen molar-refractivity contribution in [3.05, 3.63) is 184 Å². The second kappa shape index (κ2) is 42.3. The van der Waals surface area contributed by atoms with E-state index in [1.54, 1.807) is 78.9 Å². The topological polar surface area (TPSA) is 423 Å². The van der Waals surface area contributed by atoms with Gasteiger partial charge in [-0.15, -0.1) is 0 Å². The number of aliphatic hydroxyl groups excluding tert-OH is 1. The van der Waals surface area contributed by atoms with E-state index in [0.717, 1.165) is 40.7 Å². The van der Waals surface area contributed by atoms with Crippen molar-refractivity contribution in [3.63, 3.8) is 0 Å². The number of anilines is 1. The number of amides is 11. The molecule has 11 amide bonds. The van der Waals surface area contributed by atoms with Gasteiger partial charge < -0.3 is 84.3 Å². The van der Waals surface area contributed by atoms with Gasteiger partial charge in [-0.05, 0) is 113 Å². The second-order valence-corrected chi connectivity index (χ2v) is 29.3. The summed E-state index contributed by atoms with van der Waals surface area (Å²) in [6.45, 7) is 8.83. The van der Waals surface area contributed by atoms with E-state index < -0.39 is 132 Å². The zero-order valence-electron chi connectivity index (χ0n) is 63.7. The van der Waals surface area contributed by atoms with Crippen LogP contribution in [0.2, 0.25) is 5.02 Å². The predicted octanol–water partition coefficient (Wildman–Crippen LogP) is 2.09. The van der Waals surface area contributed by atoms with Crippen LogP contribution < -0.4 is 69.5 Å². The Hall–Kier alpha value is -11.0. The number of hydrogen-bond acceptors (Lipinski definition) is 16. The molecule has 2 heterocycles. The van der Waals surface area contributed by atoms with Crippen molar-refractivity contribution in [2.24, 2.45) is 17.4 Å². The molecular formula is C81H105ClN16O13. The van der Waals surface area contributed by atoms with Crippen LogP contribution in [0, 0.1) is 11.3 Å². The smallest absolute Gasteiger partial charge is 0.245 e. The minimum atomic E-state index is -1.79. The molecule has 2 saturated heterocycles. The number of hydrogen-bond donors (Lipinski definition) is 14. The highest BCUT2D eigenvalue weighted by Crippen LogP contribution is 2.23. The molecule has 16 N–H and O–H groups in total. The van der Waals surface area contributed by atoms with E-state index >= 15 is 9.59 Å². The molecule has 0 bridgehead atoms. The summed E-state index contributed by atoms with van der Waals surface area (Å²) in [6, 6.07) is 29.6. The molecule has 10 atom stereocenters. The lowest BCUT2D eigenvalue weighted by Crippen LogP contribution is -2.62. The molecule has 2 aliphatic heterocycles. The van der Waals surface area contributed by atoms with Gasteiger partial charge in [0.2, 0.25) is 65.0 Å². The van der Waals surface area contributed by atoms with Gasteiger partial charge in [0.1, 0.15) is 60.4 Å². The molecule has 30 heteroatoms. The van der Waals surface area contributed by atoms with Gasteiger partial charge in [0.15, 0.2) is 5.96 Å². The molecule has 0 saturated carbocycles. The standard InChI is InChI=1S/C81H105ClN16O13/c1-49(2)40-63(72(102)89-62(18-12-34-86-81(84)85)80(110)98-35-13-19-70(98)79(109)87-50(3)71(83)101)90-74(104)66(43-53-20-22-56(23-21-53)47-97-36-38-111-39-37-97)93-76(106)68(45-55-27-32-61(33-28-55)96(5)6)94-78(108)69(48-99)95-77(107)65(42-52-14-8-7-9-15-52)92-75(105)67(44-54-25-30-60(82)31-26-54)91-73(103)64(88-51(4)100)46-57-24-29-58-16-10-11-17-59(58)41-57/h7-11,14-17,20-33,41,49-50,62-70,99H,12-13,18-19,34-40,42-48H2,1-6H3,(H2,83,101)(H,87,109)(H,88,100)(H,89,102)(H,90,104)(H,91,103)(H,92,105)(H,93,106)(H,94,108)(H,95,107)(H4,84,85,86)/t50-,62+,63+,64-,65-,66-,67-,68+,69+,70+/m1/s1. The summed E-state index contributed by atoms with van der Waals surface area (Å²) in [4.78, 5) is 163. The van der Waals surface area contributed by atoms with E-state index in [1.807, 2.05) is 99.6 Å². The normalized spacial score (nSPS) is 16.0. The zero-order valence-corrected chi connectivity index (χ0v) is 64.4. The Balaban J connectivity index is 1.07. The molecule has 0 unspecified atom stereocenters. The highest BCUT2D eigenvalue weighted by molar-refractivity contribution is 6.30. The van der Waals surface area contributed by atoms with Gasteiger partial charge in [-0.1, -0.05) is 147 Å². The van der Waals surface area contributed by atoms with Crippen LogP contribution in [0.15, 0.2) is 146 Å². The van der Waals surface area contributed by atoms with Crippen LogP contribution in [0.5, 0.6) is 0 Å². The van der Waals surface area contributed by atoms with Gasteiger partial charge in [0.25, 0.3) is 0 Å². The van der Waals surface area contributed by atoms with Gasteiger partial charge in [0, 0.05) is 96.6 Å². The maximum atomic E-state index is 15.4. The molecule has 111 heavy (non-hydrogen) atoms. The van der Waals surface area contributed by atoms with Crippen molar-refractivity contribution in [2.75, 3.05) is 65.0 Å². The number of nitrogens with zero attached hydrogens (tertiary/aromatic N) is 3. The van der Waals surface area contributed by atoms with Crippen LogP contribution in [-0.4, -0.2) is 206 Å². The number of ether oxygens (including phenoxy) is 1. The van der Waals surface area contributed by atoms with Crippen molar-refractivity contribution < 1.29 is 62.6 Å². The Morgan fingerprint density at radius 2 is 0.973 bits per heavy atom. The molecule has 594 valence electrons. The lowest BCUT2D eigenvalue weighted by Gasteiger charge is -2.31. The average Bonchev–Trinajstić information content (AvgIpc) is 1.42. The molecule has 6 aromatic carbocycles. The first-order chi connectivity index (χ1) is 53.1. The summed E-state index contributed by atoms with van der Waals surface area (Å²) in [5.74, 6) is -9.09. The number of nitrogens with two attached hydrogens (primary N) is 2. The number of halogens is 1. The maximum absolute atomic E-state index is 15.4. The number of fused-ring (bicyclic) bond motifs is 1. The van der Waals surface area contributed by atoms with Crippen LogP contribution in [0.25, 0.3) is 10.8 Å². The van der Waals surface area contributed by atoms with Crippen molar-refractivity contribution in [1.82, 2.24) is 63.0 Å². The summed E-state index contributed by atoms with van der Waals surface area (Å²) in [5, 5.41) is 48.6. The molecular weight excluding hydrogens is 1440 g/mol. The van der Waals surface area contributed by atoms with Crippen LogP contribution >= 0.6 is 11.6 Å². The zero-order chi connectivity index (χ0) is 80.3. The van der Waals surface area contributed by atoms with Crippen molar-refractivity contribution in [1.29, 1.82) is 5.41 Å². The van der Waals surface area contributed by atoms with Gasteiger partial charge in [0.05, 0.1) is 19.8 Å². The number of morpholine rings is 1. The fraction of sp³-hybridized carbons (Fsp3) is 0.432. The van der Waals surface area contributed by atoms with E-state index in [9.17, 15) is 48.3 Å². The van der Waals surface area contributed by atoms with E-state index in [4.69, 9.17) is 33.2 Å². The van der Waals surface area contributed by atoms with Gasteiger partial charge in [-0.2, -0.15) is 0 Å². The molecule has 0 spiro atoms. The Kier molecular flexibility index (Phi) is 32.6. The van der Waals surface area contributed by atoms with E-state index in [-0.39, 0.29) is 82.8 Å². The monoisotopic (exact) mass is 1540 g/mol. The number of rotatable bonds is 39. The van der Waals surface area contributed by atoms with E-state index in [1.165, 1.54) is 18.7 Å². The lowest BCUT2D eigenvalue weighted by molar-refractivity contribution is -0.142. The molecule has 6 aromatic rings. The summed E-state index contributed by atoms with van der Waals surface area (Å²) >= 11 is 6.28. The van der Waals surface area contributed by atoms with Crippen LogP contribution in [0.3, 0.4) is 0 Å². The Bertz CT molecular complexity index is 4190. The third-order valence-corrected chi connectivity index (χ3v) is 19.6. The predicted molar refractivity (Wildman–Crippen MR) is 422 cm³/mol. The van der Waals surface area contributed by atoms with Gasteiger partial charge in [-0.25, -0.2) is 0 Å². The third kappa shape index (κ3) is 26.9. The SMILES string of the molecule is CC(=O)N[C@H](Cc1ccc2ccccc2c1)C(=O)N[C@H](Cc1ccc(Cl)cc1)C(=O)N[C@H](Cc1ccccc1)C(=O)N[C@@H](CO)C(=O)N[C@@H](Cc1ccc(N(C)C)cc1)C(=O)N[C@H](Cc1ccc(CN2CCOCC2)cc1)C(=O)N[C@@H](CC(C)C)C(=O)N[C@@H](CCCNC(=N)N)C(=O)N1CCC[C@H]1C(=O)N[C@H](C)C(N)=O. The fourth-order valence-corrected chi connectivity index (χ4v) is 13.4. The first kappa shape index (κ1) is 85.6. The number of likely N-dealkylation sites (tertiary alicyclic amines) is 1. The molecule has 0 radical (unpaired) electrons. The Morgan fingerprint density at radius 3 is 1.49 bits per heavy atom. The molecule has 0 aromatic heterocycles. The first-order valence-corrected chi connectivity index (χ1v) is 37.9. The Labute approximate surface area is 652 Å². The van der Waals surface area contributed by atoms with E-state index in [2.05, 4.69) is 58.1 Å². The summed E-state index contributed by atoms with van der Waals surface area (Å²) < 4.78 is 5.56. The minimum absolute atomic E-state index is 0.00221. The lowest BCUT2D eigenvalue weighted by atomic mass is 9.99. The third-order valence-electron chi connectivity index (χ3n) is 19.4. The summed E-state index contributed by atoms with van der Waals surface area (Å²) in [6.07, 6.45) is 0.326. The summed E-state index contributed by atoms with van der Waals surface area (Å²) in [7, 11) is 3.69. The summed E-state index contributed by atoms with van der Waals surface area (Å²) in [5.41, 5.74) is 15.8. The molecule has 0 aliphatic carbocycles. The average molecular weight is 1550 g/mol. The highest BCUT2D eigenvalue weighted by Gasteiger charge is 2.41. The molecule has 29 nitrogen and oxygen atoms in total. The maximum Gasteiger partial charge on any atom is 0.245 e. The van der Waals surface area contributed by atoms with Crippen molar-refractivity contribution >= 4 is 99.0 Å². The number of aliphatic hydroxyl groups is 1.